The first-order valence-electron chi connectivity index (χ1n) is 10.8. The number of methoxy groups -OCH3 is 1. The van der Waals surface area contributed by atoms with Crippen LogP contribution in [0, 0.1) is 5.92 Å². The van der Waals surface area contributed by atoms with Crippen molar-refractivity contribution in [3.05, 3.63) is 29.6 Å². The van der Waals surface area contributed by atoms with E-state index in [4.69, 9.17) is 14.5 Å². The molecule has 2 saturated heterocycles. The molecule has 0 N–H and O–H groups in total. The second-order valence-electron chi connectivity index (χ2n) is 9.90. The zero-order valence-electron chi connectivity index (χ0n) is 19.1. The van der Waals surface area contributed by atoms with Crippen molar-refractivity contribution >= 4 is 12.1 Å². The van der Waals surface area contributed by atoms with Crippen LogP contribution < -0.4 is 0 Å². The summed E-state index contributed by atoms with van der Waals surface area (Å²) < 4.78 is 10.3. The van der Waals surface area contributed by atoms with Gasteiger partial charge in [-0.25, -0.2) is 4.79 Å². The van der Waals surface area contributed by atoms with Crippen LogP contribution in [-0.4, -0.2) is 65.7 Å². The van der Waals surface area contributed by atoms with Crippen molar-refractivity contribution in [3.63, 3.8) is 0 Å². The Morgan fingerprint density at radius 2 is 1.70 bits per heavy atom. The molecule has 2 fully saturated rings. The number of aromatic nitrogens is 1. The van der Waals surface area contributed by atoms with E-state index in [0.717, 1.165) is 37.2 Å². The van der Waals surface area contributed by atoms with Crippen molar-refractivity contribution in [2.24, 2.45) is 5.92 Å². The lowest BCUT2D eigenvalue weighted by atomic mass is 9.87. The van der Waals surface area contributed by atoms with Crippen LogP contribution in [0.3, 0.4) is 0 Å². The lowest BCUT2D eigenvalue weighted by Gasteiger charge is -2.43. The molecule has 7 nitrogen and oxygen atoms in total. The SMILES string of the molecule is COC(=O)C1CCN(C(C)(C)c2ccc(C3CN(C(=O)OC(C)(C)C)C3)nc2)CC1. The molecule has 0 bridgehead atoms. The molecule has 1 amide bonds. The Bertz CT molecular complexity index is 756. The van der Waals surface area contributed by atoms with Gasteiger partial charge in [0, 0.05) is 36.4 Å². The summed E-state index contributed by atoms with van der Waals surface area (Å²) >= 11 is 0. The van der Waals surface area contributed by atoms with Crippen LogP contribution in [0.2, 0.25) is 0 Å². The first-order valence-corrected chi connectivity index (χ1v) is 10.8. The maximum absolute atomic E-state index is 12.1. The minimum Gasteiger partial charge on any atom is -0.469 e. The van der Waals surface area contributed by atoms with Crippen LogP contribution in [0.1, 0.15) is 64.6 Å². The van der Waals surface area contributed by atoms with E-state index in [2.05, 4.69) is 30.9 Å². The lowest BCUT2D eigenvalue weighted by molar-refractivity contribution is -0.147. The van der Waals surface area contributed by atoms with E-state index in [0.29, 0.717) is 13.1 Å². The number of amides is 1. The third kappa shape index (κ3) is 4.94. The second kappa shape index (κ2) is 8.53. The van der Waals surface area contributed by atoms with Crippen molar-refractivity contribution in [1.82, 2.24) is 14.8 Å². The van der Waals surface area contributed by atoms with Gasteiger partial charge in [0.2, 0.25) is 0 Å². The number of nitrogens with zero attached hydrogens (tertiary/aromatic N) is 3. The summed E-state index contributed by atoms with van der Waals surface area (Å²) in [5.41, 5.74) is 1.54. The standard InChI is InChI=1S/C23H35N3O4/c1-22(2,3)30-21(28)25-14-17(15-25)19-8-7-18(13-24-19)23(4,5)26-11-9-16(10-12-26)20(27)29-6/h7-8,13,16-17H,9-12,14-15H2,1-6H3. The number of ether oxygens (including phenoxy) is 2. The van der Waals surface area contributed by atoms with E-state index in [-0.39, 0.29) is 29.4 Å². The first kappa shape index (κ1) is 22.5. The minimum atomic E-state index is -0.473. The Morgan fingerprint density at radius 3 is 2.20 bits per heavy atom. The van der Waals surface area contributed by atoms with Gasteiger partial charge >= 0.3 is 12.1 Å². The van der Waals surface area contributed by atoms with E-state index < -0.39 is 5.60 Å². The number of carbonyl (C=O) groups excluding carboxylic acids is 2. The van der Waals surface area contributed by atoms with Crippen LogP contribution in [0.5, 0.6) is 0 Å². The molecule has 0 atom stereocenters. The predicted molar refractivity (Wildman–Crippen MR) is 114 cm³/mol. The normalized spacial score (nSPS) is 19.3. The molecular formula is C23H35N3O4. The molecule has 0 unspecified atom stereocenters. The molecule has 0 aromatic carbocycles. The van der Waals surface area contributed by atoms with Crippen LogP contribution >= 0.6 is 0 Å². The molecule has 0 saturated carbocycles. The fourth-order valence-electron chi connectivity index (χ4n) is 4.17. The monoisotopic (exact) mass is 417 g/mol. The van der Waals surface area contributed by atoms with E-state index in [1.807, 2.05) is 27.0 Å². The molecule has 2 aliphatic rings. The summed E-state index contributed by atoms with van der Waals surface area (Å²) in [4.78, 5) is 32.7. The number of pyridine rings is 1. The smallest absolute Gasteiger partial charge is 0.410 e. The van der Waals surface area contributed by atoms with Crippen molar-refractivity contribution < 1.29 is 19.1 Å². The average Bonchev–Trinajstić information content (AvgIpc) is 2.65. The van der Waals surface area contributed by atoms with Crippen molar-refractivity contribution in [1.29, 1.82) is 0 Å². The van der Waals surface area contributed by atoms with Crippen LogP contribution in [0.25, 0.3) is 0 Å². The zero-order chi connectivity index (χ0) is 22.1. The Balaban J connectivity index is 1.56. The van der Waals surface area contributed by atoms with E-state index in [1.54, 1.807) is 4.90 Å². The van der Waals surface area contributed by atoms with Gasteiger partial charge in [-0.3, -0.25) is 14.7 Å². The van der Waals surface area contributed by atoms with Gasteiger partial charge in [0.1, 0.15) is 5.60 Å². The molecule has 3 rings (SSSR count). The molecule has 1 aromatic rings. The number of carbonyl (C=O) groups is 2. The van der Waals surface area contributed by atoms with Crippen LogP contribution in [-0.2, 0) is 19.8 Å². The van der Waals surface area contributed by atoms with Crippen molar-refractivity contribution in [2.45, 2.75) is 64.5 Å². The third-order valence-electron chi connectivity index (χ3n) is 6.26. The van der Waals surface area contributed by atoms with Gasteiger partial charge in [-0.05, 0) is 72.2 Å². The highest BCUT2D eigenvalue weighted by Crippen LogP contribution is 2.33. The average molecular weight is 418 g/mol. The lowest BCUT2D eigenvalue weighted by Crippen LogP contribution is -2.50. The maximum Gasteiger partial charge on any atom is 0.410 e. The van der Waals surface area contributed by atoms with Gasteiger partial charge in [0.25, 0.3) is 0 Å². The van der Waals surface area contributed by atoms with Gasteiger partial charge in [-0.1, -0.05) is 6.07 Å². The van der Waals surface area contributed by atoms with Gasteiger partial charge in [0.15, 0.2) is 0 Å². The fraction of sp³-hybridized carbons (Fsp3) is 0.696. The number of rotatable bonds is 4. The summed E-state index contributed by atoms with van der Waals surface area (Å²) in [5.74, 6) is 0.166. The van der Waals surface area contributed by atoms with Crippen molar-refractivity contribution in [2.75, 3.05) is 33.3 Å². The highest BCUT2D eigenvalue weighted by molar-refractivity contribution is 5.72. The summed E-state index contributed by atoms with van der Waals surface area (Å²) in [6.45, 7) is 13.1. The number of esters is 1. The van der Waals surface area contributed by atoms with Gasteiger partial charge in [0.05, 0.1) is 13.0 Å². The molecule has 3 heterocycles. The molecule has 30 heavy (non-hydrogen) atoms. The zero-order valence-corrected chi connectivity index (χ0v) is 19.1. The van der Waals surface area contributed by atoms with Crippen LogP contribution in [0.15, 0.2) is 18.3 Å². The Morgan fingerprint density at radius 1 is 1.07 bits per heavy atom. The largest absolute Gasteiger partial charge is 0.469 e. The summed E-state index contributed by atoms with van der Waals surface area (Å²) in [5, 5.41) is 0. The first-order chi connectivity index (χ1) is 14.0. The quantitative estimate of drug-likeness (QED) is 0.698. The topological polar surface area (TPSA) is 72.0 Å². The maximum atomic E-state index is 12.1. The molecule has 0 aliphatic carbocycles. The van der Waals surface area contributed by atoms with Gasteiger partial charge in [-0.2, -0.15) is 0 Å². The highest BCUT2D eigenvalue weighted by atomic mass is 16.6. The third-order valence-corrected chi connectivity index (χ3v) is 6.26. The summed E-state index contributed by atoms with van der Waals surface area (Å²) in [7, 11) is 1.46. The fourth-order valence-corrected chi connectivity index (χ4v) is 4.17. The van der Waals surface area contributed by atoms with Crippen molar-refractivity contribution in [3.8, 4) is 0 Å². The van der Waals surface area contributed by atoms with Crippen LogP contribution in [0.4, 0.5) is 4.79 Å². The Hall–Kier alpha value is -2.15. The number of hydrogen-bond acceptors (Lipinski definition) is 6. The molecule has 166 valence electrons. The van der Waals surface area contributed by atoms with E-state index >= 15 is 0 Å². The summed E-state index contributed by atoms with van der Waals surface area (Å²) in [6, 6.07) is 4.22. The van der Waals surface area contributed by atoms with Gasteiger partial charge in [-0.15, -0.1) is 0 Å². The molecule has 7 heteroatoms. The molecule has 2 aliphatic heterocycles. The number of piperidine rings is 1. The number of hydrogen-bond donors (Lipinski definition) is 0. The second-order valence-corrected chi connectivity index (χ2v) is 9.90. The minimum absolute atomic E-state index is 0.00841. The molecule has 1 aromatic heterocycles. The Labute approximate surface area is 179 Å². The molecule has 0 radical (unpaired) electrons. The van der Waals surface area contributed by atoms with Gasteiger partial charge < -0.3 is 14.4 Å². The Kier molecular flexibility index (Phi) is 6.41. The summed E-state index contributed by atoms with van der Waals surface area (Å²) in [6.07, 6.45) is 3.35. The number of likely N-dealkylation sites (tertiary alicyclic amines) is 2. The predicted octanol–water partition coefficient (Wildman–Crippen LogP) is 3.54. The molecular weight excluding hydrogens is 382 g/mol. The van der Waals surface area contributed by atoms with E-state index in [1.165, 1.54) is 7.11 Å². The van der Waals surface area contributed by atoms with E-state index in [9.17, 15) is 9.59 Å². The highest BCUT2D eigenvalue weighted by Gasteiger charge is 2.37. The molecule has 0 spiro atoms.